The fraction of sp³-hybridized carbons (Fsp3) is 0.214. The molecule has 0 atom stereocenters. The molecule has 2 rings (SSSR count). The maximum Gasteiger partial charge on any atom is 0.174 e. The van der Waals surface area contributed by atoms with E-state index < -0.39 is 0 Å². The zero-order chi connectivity index (χ0) is 13.1. The van der Waals surface area contributed by atoms with Crippen LogP contribution in [0.15, 0.2) is 35.2 Å². The van der Waals surface area contributed by atoms with E-state index in [1.54, 1.807) is 12.1 Å². The minimum atomic E-state index is 0.120. The molecule has 2 N–H and O–H groups in total. The molecule has 1 heterocycles. The molecule has 0 saturated carbocycles. The van der Waals surface area contributed by atoms with Crippen molar-refractivity contribution in [1.82, 2.24) is 4.98 Å². The number of carbonyl (C=O) groups is 1. The van der Waals surface area contributed by atoms with Crippen molar-refractivity contribution in [3.05, 3.63) is 47.3 Å². The van der Waals surface area contributed by atoms with Gasteiger partial charge in [0.05, 0.1) is 5.75 Å². The number of nitrogens with one attached hydrogen (secondary N) is 1. The number of rotatable bonds is 4. The van der Waals surface area contributed by atoms with Gasteiger partial charge in [0.1, 0.15) is 5.75 Å². The maximum absolute atomic E-state index is 12.0. The van der Waals surface area contributed by atoms with Crippen LogP contribution in [0.25, 0.3) is 0 Å². The number of aromatic amines is 1. The third-order valence-corrected chi connectivity index (χ3v) is 3.67. The molecular weight excluding hydrogens is 246 g/mol. The van der Waals surface area contributed by atoms with Crippen LogP contribution < -0.4 is 0 Å². The van der Waals surface area contributed by atoms with Crippen LogP contribution in [0.4, 0.5) is 0 Å². The van der Waals surface area contributed by atoms with Gasteiger partial charge in [-0.3, -0.25) is 4.79 Å². The van der Waals surface area contributed by atoms with Crippen molar-refractivity contribution in [1.29, 1.82) is 0 Å². The maximum atomic E-state index is 12.0. The topological polar surface area (TPSA) is 53.1 Å². The molecule has 1 aromatic carbocycles. The predicted molar refractivity (Wildman–Crippen MR) is 73.4 cm³/mol. The average Bonchev–Trinajstić information content (AvgIpc) is 2.67. The Labute approximate surface area is 110 Å². The van der Waals surface area contributed by atoms with Crippen molar-refractivity contribution in [3.8, 4) is 5.75 Å². The van der Waals surface area contributed by atoms with E-state index in [1.165, 1.54) is 11.8 Å². The largest absolute Gasteiger partial charge is 0.508 e. The lowest BCUT2D eigenvalue weighted by Crippen LogP contribution is -2.02. The third-order valence-electron chi connectivity index (χ3n) is 2.66. The summed E-state index contributed by atoms with van der Waals surface area (Å²) in [6.45, 7) is 3.85. The Bertz CT molecular complexity index is 558. The van der Waals surface area contributed by atoms with E-state index in [9.17, 15) is 9.90 Å². The number of aryl methyl sites for hydroxylation is 2. The molecule has 4 heteroatoms. The molecule has 0 aliphatic carbocycles. The van der Waals surface area contributed by atoms with Crippen LogP contribution >= 0.6 is 11.8 Å². The highest BCUT2D eigenvalue weighted by atomic mass is 32.2. The lowest BCUT2D eigenvalue weighted by Gasteiger charge is -2.01. The summed E-state index contributed by atoms with van der Waals surface area (Å²) < 4.78 is 0. The molecule has 18 heavy (non-hydrogen) atoms. The molecule has 0 aliphatic rings. The minimum Gasteiger partial charge on any atom is -0.508 e. The van der Waals surface area contributed by atoms with Crippen molar-refractivity contribution in [3.63, 3.8) is 0 Å². The average molecular weight is 261 g/mol. The molecule has 0 amide bonds. The number of hydrogen-bond acceptors (Lipinski definition) is 3. The smallest absolute Gasteiger partial charge is 0.174 e. The van der Waals surface area contributed by atoms with Gasteiger partial charge in [0.2, 0.25) is 0 Å². The quantitative estimate of drug-likeness (QED) is 0.655. The van der Waals surface area contributed by atoms with Crippen LogP contribution in [-0.2, 0) is 0 Å². The van der Waals surface area contributed by atoms with Gasteiger partial charge in [-0.15, -0.1) is 11.8 Å². The first kappa shape index (κ1) is 12.8. The Kier molecular flexibility index (Phi) is 3.77. The van der Waals surface area contributed by atoms with E-state index in [2.05, 4.69) is 4.98 Å². The summed E-state index contributed by atoms with van der Waals surface area (Å²) in [5.74, 6) is 0.765. The Balaban J connectivity index is 2.00. The van der Waals surface area contributed by atoms with Gasteiger partial charge in [-0.25, -0.2) is 0 Å². The first-order chi connectivity index (χ1) is 8.56. The molecule has 0 saturated heterocycles. The number of Topliss-reactive ketones (excluding diaryl/α,β-unsaturated/α-hetero) is 1. The summed E-state index contributed by atoms with van der Waals surface area (Å²) in [6.07, 6.45) is 0. The fourth-order valence-electron chi connectivity index (χ4n) is 1.78. The number of phenols is 1. The second-order valence-electron chi connectivity index (χ2n) is 4.20. The number of phenolic OH excluding ortho intramolecular Hbond substituents is 1. The van der Waals surface area contributed by atoms with Crippen molar-refractivity contribution >= 4 is 17.5 Å². The number of thioether (sulfide) groups is 1. The summed E-state index contributed by atoms with van der Waals surface area (Å²) in [7, 11) is 0. The highest BCUT2D eigenvalue weighted by Gasteiger charge is 2.11. The lowest BCUT2D eigenvalue weighted by atomic mass is 10.2. The van der Waals surface area contributed by atoms with Crippen LogP contribution in [0, 0.1) is 13.8 Å². The van der Waals surface area contributed by atoms with Gasteiger partial charge in [-0.2, -0.15) is 0 Å². The molecule has 0 radical (unpaired) electrons. The van der Waals surface area contributed by atoms with Crippen LogP contribution in [-0.4, -0.2) is 21.6 Å². The first-order valence-corrected chi connectivity index (χ1v) is 6.66. The van der Waals surface area contributed by atoms with Crippen LogP contribution in [0.5, 0.6) is 5.75 Å². The molecule has 0 unspecified atom stereocenters. The van der Waals surface area contributed by atoms with Crippen LogP contribution in [0.2, 0.25) is 0 Å². The van der Waals surface area contributed by atoms with Gasteiger partial charge >= 0.3 is 0 Å². The van der Waals surface area contributed by atoms with Crippen LogP contribution in [0.1, 0.15) is 21.7 Å². The summed E-state index contributed by atoms with van der Waals surface area (Å²) in [4.78, 5) is 16.1. The molecule has 94 valence electrons. The van der Waals surface area contributed by atoms with Crippen molar-refractivity contribution < 1.29 is 9.90 Å². The van der Waals surface area contributed by atoms with Gasteiger partial charge in [-0.05, 0) is 44.2 Å². The second-order valence-corrected chi connectivity index (χ2v) is 5.25. The monoisotopic (exact) mass is 261 g/mol. The van der Waals surface area contributed by atoms with Crippen LogP contribution in [0.3, 0.4) is 0 Å². The minimum absolute atomic E-state index is 0.120. The first-order valence-electron chi connectivity index (χ1n) is 5.67. The summed E-state index contributed by atoms with van der Waals surface area (Å²) in [5, 5.41) is 9.17. The lowest BCUT2D eigenvalue weighted by molar-refractivity contribution is 0.102. The Morgan fingerprint density at radius 3 is 2.50 bits per heavy atom. The number of benzene rings is 1. The van der Waals surface area contributed by atoms with Gasteiger partial charge in [-0.1, -0.05) is 0 Å². The normalized spacial score (nSPS) is 10.6. The summed E-state index contributed by atoms with van der Waals surface area (Å²) in [5.41, 5.74) is 2.69. The second kappa shape index (κ2) is 5.31. The SMILES string of the molecule is Cc1cc(C(=O)CSc2ccc(O)cc2)c(C)[nH]1. The molecule has 0 spiro atoms. The molecule has 0 fully saturated rings. The Morgan fingerprint density at radius 1 is 1.28 bits per heavy atom. The molecule has 2 aromatic rings. The standard InChI is InChI=1S/C14H15NO2S/c1-9-7-13(10(2)15-9)14(17)8-18-12-5-3-11(16)4-6-12/h3-7,15-16H,8H2,1-2H3. The predicted octanol–water partition coefficient (Wildman–Crippen LogP) is 3.31. The summed E-state index contributed by atoms with van der Waals surface area (Å²) >= 11 is 1.48. The molecular formula is C14H15NO2S. The van der Waals surface area contributed by atoms with E-state index in [-0.39, 0.29) is 11.5 Å². The van der Waals surface area contributed by atoms with E-state index in [0.717, 1.165) is 21.8 Å². The molecule has 0 aliphatic heterocycles. The van der Waals surface area contributed by atoms with E-state index in [0.29, 0.717) is 5.75 Å². The molecule has 0 bridgehead atoms. The van der Waals surface area contributed by atoms with Crippen molar-refractivity contribution in [2.45, 2.75) is 18.7 Å². The number of ketones is 1. The summed E-state index contributed by atoms with van der Waals surface area (Å²) in [6, 6.07) is 8.75. The number of aromatic nitrogens is 1. The van der Waals surface area contributed by atoms with Gasteiger partial charge < -0.3 is 10.1 Å². The van der Waals surface area contributed by atoms with Crippen molar-refractivity contribution in [2.24, 2.45) is 0 Å². The van der Waals surface area contributed by atoms with Gasteiger partial charge in [0, 0.05) is 21.8 Å². The zero-order valence-electron chi connectivity index (χ0n) is 10.4. The van der Waals surface area contributed by atoms with Crippen molar-refractivity contribution in [2.75, 3.05) is 5.75 Å². The molecule has 3 nitrogen and oxygen atoms in total. The van der Waals surface area contributed by atoms with E-state index >= 15 is 0 Å². The third kappa shape index (κ3) is 2.96. The van der Waals surface area contributed by atoms with E-state index in [4.69, 9.17) is 0 Å². The Morgan fingerprint density at radius 2 is 1.94 bits per heavy atom. The zero-order valence-corrected chi connectivity index (χ0v) is 11.2. The van der Waals surface area contributed by atoms with E-state index in [1.807, 2.05) is 32.0 Å². The highest BCUT2D eigenvalue weighted by Crippen LogP contribution is 2.22. The number of aromatic hydroxyl groups is 1. The fourth-order valence-corrected chi connectivity index (χ4v) is 2.56. The van der Waals surface area contributed by atoms with Gasteiger partial charge in [0.25, 0.3) is 0 Å². The highest BCUT2D eigenvalue weighted by molar-refractivity contribution is 8.00. The number of carbonyl (C=O) groups excluding carboxylic acids is 1. The van der Waals surface area contributed by atoms with Gasteiger partial charge in [0.15, 0.2) is 5.78 Å². The number of hydrogen-bond donors (Lipinski definition) is 2. The Hall–Kier alpha value is -1.68. The number of H-pyrrole nitrogens is 1. The molecule has 1 aromatic heterocycles.